The molecule has 0 amide bonds. The Morgan fingerprint density at radius 1 is 1.12 bits per heavy atom. The van der Waals surface area contributed by atoms with E-state index in [-0.39, 0.29) is 0 Å². The molecule has 2 aromatic rings. The fourth-order valence-electron chi connectivity index (χ4n) is 1.60. The first-order valence-corrected chi connectivity index (χ1v) is 5.07. The lowest BCUT2D eigenvalue weighted by Crippen LogP contribution is -1.96. The maximum absolute atomic E-state index is 10.7. The molecule has 80 valence electrons. The zero-order chi connectivity index (χ0) is 11.5. The average molecular weight is 212 g/mol. The van der Waals surface area contributed by atoms with Gasteiger partial charge in [-0.15, -0.1) is 0 Å². The predicted molar refractivity (Wildman–Crippen MR) is 62.3 cm³/mol. The van der Waals surface area contributed by atoms with Crippen LogP contribution in [0.15, 0.2) is 30.3 Å². The summed E-state index contributed by atoms with van der Waals surface area (Å²) in [6.45, 7) is 3.81. The Kier molecular flexibility index (Phi) is 2.77. The average Bonchev–Trinajstić information content (AvgIpc) is 2.28. The molecule has 3 nitrogen and oxygen atoms in total. The van der Waals surface area contributed by atoms with E-state index < -0.39 is 0 Å². The molecule has 0 unspecified atom stereocenters. The minimum Gasteiger partial charge on any atom is -0.296 e. The van der Waals surface area contributed by atoms with Gasteiger partial charge in [0.2, 0.25) is 0 Å². The largest absolute Gasteiger partial charge is 0.296 e. The molecular formula is C13H12N2O. The highest BCUT2D eigenvalue weighted by atomic mass is 16.1. The highest BCUT2D eigenvalue weighted by Crippen LogP contribution is 2.18. The van der Waals surface area contributed by atoms with Gasteiger partial charge in [0.1, 0.15) is 11.5 Å². The van der Waals surface area contributed by atoms with Crippen molar-refractivity contribution in [3.8, 4) is 11.3 Å². The lowest BCUT2D eigenvalue weighted by molar-refractivity contribution is 0.111. The van der Waals surface area contributed by atoms with Crippen molar-refractivity contribution in [1.82, 2.24) is 9.97 Å². The maximum atomic E-state index is 10.7. The zero-order valence-electron chi connectivity index (χ0n) is 9.27. The van der Waals surface area contributed by atoms with Gasteiger partial charge in [0.15, 0.2) is 6.29 Å². The van der Waals surface area contributed by atoms with Gasteiger partial charge < -0.3 is 0 Å². The van der Waals surface area contributed by atoms with Crippen LogP contribution in [0, 0.1) is 13.8 Å². The predicted octanol–water partition coefficient (Wildman–Crippen LogP) is 2.57. The van der Waals surface area contributed by atoms with E-state index in [4.69, 9.17) is 0 Å². The molecule has 1 heterocycles. The maximum Gasteiger partial charge on any atom is 0.168 e. The summed E-state index contributed by atoms with van der Waals surface area (Å²) < 4.78 is 0. The second-order valence-electron chi connectivity index (χ2n) is 3.71. The van der Waals surface area contributed by atoms with Gasteiger partial charge in [-0.3, -0.25) is 4.79 Å². The van der Waals surface area contributed by atoms with Crippen molar-refractivity contribution >= 4 is 6.29 Å². The van der Waals surface area contributed by atoms with Crippen LogP contribution in [0.1, 0.15) is 21.9 Å². The Hall–Kier alpha value is -2.03. The Balaban J connectivity index is 2.55. The Bertz CT molecular complexity index is 535. The number of benzene rings is 1. The number of rotatable bonds is 2. The second kappa shape index (κ2) is 4.23. The molecule has 0 saturated carbocycles. The minimum absolute atomic E-state index is 0.420. The summed E-state index contributed by atoms with van der Waals surface area (Å²) >= 11 is 0. The van der Waals surface area contributed by atoms with E-state index >= 15 is 0 Å². The fourth-order valence-corrected chi connectivity index (χ4v) is 1.60. The molecule has 0 atom stereocenters. The van der Waals surface area contributed by atoms with E-state index in [9.17, 15) is 4.79 Å². The summed E-state index contributed by atoms with van der Waals surface area (Å²) in [4.78, 5) is 19.1. The van der Waals surface area contributed by atoms with E-state index in [0.717, 1.165) is 17.5 Å². The molecule has 2 rings (SSSR count). The van der Waals surface area contributed by atoms with Gasteiger partial charge in [-0.25, -0.2) is 9.97 Å². The van der Waals surface area contributed by atoms with Crippen molar-refractivity contribution in [1.29, 1.82) is 0 Å². The number of carbonyl (C=O) groups is 1. The molecule has 0 bridgehead atoms. The van der Waals surface area contributed by atoms with E-state index in [1.807, 2.05) is 31.2 Å². The van der Waals surface area contributed by atoms with Crippen LogP contribution < -0.4 is 0 Å². The monoisotopic (exact) mass is 212 g/mol. The summed E-state index contributed by atoms with van der Waals surface area (Å²) in [5, 5.41) is 0. The van der Waals surface area contributed by atoms with Gasteiger partial charge in [-0.2, -0.15) is 0 Å². The number of aldehydes is 1. The second-order valence-corrected chi connectivity index (χ2v) is 3.71. The van der Waals surface area contributed by atoms with Crippen molar-refractivity contribution < 1.29 is 4.79 Å². The van der Waals surface area contributed by atoms with Crippen molar-refractivity contribution in [3.05, 3.63) is 47.4 Å². The van der Waals surface area contributed by atoms with E-state index in [2.05, 4.69) is 9.97 Å². The third kappa shape index (κ3) is 2.14. The molecule has 3 heteroatoms. The van der Waals surface area contributed by atoms with Crippen LogP contribution in [0.3, 0.4) is 0 Å². The fraction of sp³-hybridized carbons (Fsp3) is 0.154. The van der Waals surface area contributed by atoms with Gasteiger partial charge in [0.05, 0.1) is 5.69 Å². The molecule has 0 aliphatic carbocycles. The van der Waals surface area contributed by atoms with E-state index in [1.165, 1.54) is 5.56 Å². The molecule has 1 aromatic heterocycles. The van der Waals surface area contributed by atoms with Gasteiger partial charge in [-0.1, -0.05) is 23.8 Å². The normalized spacial score (nSPS) is 10.1. The molecule has 0 radical (unpaired) electrons. The van der Waals surface area contributed by atoms with E-state index in [1.54, 1.807) is 13.0 Å². The van der Waals surface area contributed by atoms with Gasteiger partial charge in [0.25, 0.3) is 0 Å². The van der Waals surface area contributed by atoms with Crippen LogP contribution in [0.25, 0.3) is 11.3 Å². The van der Waals surface area contributed by atoms with Gasteiger partial charge >= 0.3 is 0 Å². The van der Waals surface area contributed by atoms with Gasteiger partial charge in [0, 0.05) is 5.56 Å². The quantitative estimate of drug-likeness (QED) is 0.718. The van der Waals surface area contributed by atoms with Crippen molar-refractivity contribution in [3.63, 3.8) is 0 Å². The smallest absolute Gasteiger partial charge is 0.168 e. The Morgan fingerprint density at radius 3 is 2.62 bits per heavy atom. The molecule has 0 fully saturated rings. The SMILES string of the molecule is Cc1cccc(-c2cc(C=O)nc(C)n2)c1. The highest BCUT2D eigenvalue weighted by Gasteiger charge is 2.03. The van der Waals surface area contributed by atoms with Gasteiger partial charge in [-0.05, 0) is 26.0 Å². The van der Waals surface area contributed by atoms with Crippen LogP contribution in [-0.2, 0) is 0 Å². The molecule has 0 saturated heterocycles. The van der Waals surface area contributed by atoms with Crippen molar-refractivity contribution in [2.24, 2.45) is 0 Å². The molecule has 0 aliphatic rings. The topological polar surface area (TPSA) is 42.9 Å². The van der Waals surface area contributed by atoms with Crippen LogP contribution >= 0.6 is 0 Å². The Morgan fingerprint density at radius 2 is 1.94 bits per heavy atom. The number of hydrogen-bond donors (Lipinski definition) is 0. The van der Waals surface area contributed by atoms with Crippen LogP contribution in [0.2, 0.25) is 0 Å². The standard InChI is InChI=1S/C13H12N2O/c1-9-4-3-5-11(6-9)13-7-12(8-16)14-10(2)15-13/h3-8H,1-2H3. The first-order valence-electron chi connectivity index (χ1n) is 5.07. The number of carbonyl (C=O) groups excluding carboxylic acids is 1. The van der Waals surface area contributed by atoms with Crippen LogP contribution in [-0.4, -0.2) is 16.3 Å². The minimum atomic E-state index is 0.420. The number of aryl methyl sites for hydroxylation is 2. The summed E-state index contributed by atoms with van der Waals surface area (Å²) in [6, 6.07) is 9.72. The highest BCUT2D eigenvalue weighted by molar-refractivity contribution is 5.75. The molecule has 0 N–H and O–H groups in total. The molecular weight excluding hydrogens is 200 g/mol. The third-order valence-corrected chi connectivity index (χ3v) is 2.29. The van der Waals surface area contributed by atoms with Crippen molar-refractivity contribution in [2.75, 3.05) is 0 Å². The number of aromatic nitrogens is 2. The zero-order valence-corrected chi connectivity index (χ0v) is 9.27. The lowest BCUT2D eigenvalue weighted by atomic mass is 10.1. The number of nitrogens with zero attached hydrogens (tertiary/aromatic N) is 2. The summed E-state index contributed by atoms with van der Waals surface area (Å²) in [6.07, 6.45) is 0.744. The molecule has 1 aromatic carbocycles. The third-order valence-electron chi connectivity index (χ3n) is 2.29. The summed E-state index contributed by atoms with van der Waals surface area (Å²) in [5.41, 5.74) is 3.39. The lowest BCUT2D eigenvalue weighted by Gasteiger charge is -2.03. The Labute approximate surface area is 94.2 Å². The molecule has 16 heavy (non-hydrogen) atoms. The first-order chi connectivity index (χ1) is 7.69. The summed E-state index contributed by atoms with van der Waals surface area (Å²) in [5.74, 6) is 0.612. The summed E-state index contributed by atoms with van der Waals surface area (Å²) in [7, 11) is 0. The van der Waals surface area contributed by atoms with Crippen molar-refractivity contribution in [2.45, 2.75) is 13.8 Å². The van der Waals surface area contributed by atoms with E-state index in [0.29, 0.717) is 11.5 Å². The number of hydrogen-bond acceptors (Lipinski definition) is 3. The first kappa shape index (κ1) is 10.5. The molecule has 0 spiro atoms. The van der Waals surface area contributed by atoms with Crippen LogP contribution in [0.5, 0.6) is 0 Å². The van der Waals surface area contributed by atoms with Crippen LogP contribution in [0.4, 0.5) is 0 Å². The molecule has 0 aliphatic heterocycles.